The summed E-state index contributed by atoms with van der Waals surface area (Å²) in [4.78, 5) is 36.4. The highest BCUT2D eigenvalue weighted by Crippen LogP contribution is 2.32. The number of aryl methyl sites for hydroxylation is 1. The average molecular weight is 358 g/mol. The molecular weight excluding hydrogens is 344 g/mol. The van der Waals surface area contributed by atoms with E-state index in [4.69, 9.17) is 9.52 Å². The lowest BCUT2D eigenvalue weighted by atomic mass is 10.2. The highest BCUT2D eigenvalue weighted by atomic mass is 32.1. The Balaban J connectivity index is 1.88. The van der Waals surface area contributed by atoms with Gasteiger partial charge in [0.2, 0.25) is 0 Å². The topological polar surface area (TPSA) is 99.9 Å². The van der Waals surface area contributed by atoms with Gasteiger partial charge in [0.05, 0.1) is 4.70 Å². The number of benzene rings is 1. The van der Waals surface area contributed by atoms with Gasteiger partial charge in [-0.15, -0.1) is 11.3 Å². The molecule has 2 heterocycles. The Kier molecular flexibility index (Phi) is 4.28. The summed E-state index contributed by atoms with van der Waals surface area (Å²) in [5, 5.41) is 12.3. The van der Waals surface area contributed by atoms with Gasteiger partial charge in [0.25, 0.3) is 0 Å². The van der Waals surface area contributed by atoms with Crippen LogP contribution in [-0.2, 0) is 0 Å². The molecule has 0 aliphatic carbocycles. The molecule has 128 valence electrons. The third-order valence-electron chi connectivity index (χ3n) is 3.54. The largest absolute Gasteiger partial charge is 0.477 e. The number of fused-ring (bicyclic) bond motifs is 1. The van der Waals surface area contributed by atoms with Crippen molar-refractivity contribution >= 4 is 44.3 Å². The summed E-state index contributed by atoms with van der Waals surface area (Å²) in [5.41, 5.74) is 0.567. The Bertz CT molecular complexity index is 1040. The zero-order chi connectivity index (χ0) is 18.1. The Morgan fingerprint density at radius 1 is 1.24 bits per heavy atom. The number of carbonyl (C=O) groups is 2. The summed E-state index contributed by atoms with van der Waals surface area (Å²) in [5.74, 6) is -1.35. The van der Waals surface area contributed by atoms with Crippen LogP contribution in [0.4, 0.5) is 15.5 Å². The minimum atomic E-state index is -1.35. The lowest BCUT2D eigenvalue weighted by molar-refractivity contribution is 0.0692. The van der Waals surface area contributed by atoms with E-state index in [2.05, 4.69) is 5.32 Å². The number of hydrogen-bond acceptors (Lipinski definition) is 5. The smallest absolute Gasteiger partial charge is 0.351 e. The van der Waals surface area contributed by atoms with Gasteiger partial charge in [0, 0.05) is 18.8 Å². The van der Waals surface area contributed by atoms with Gasteiger partial charge in [-0.2, -0.15) is 0 Å². The van der Waals surface area contributed by atoms with Crippen LogP contribution in [0.15, 0.2) is 45.6 Å². The Labute approximate surface area is 146 Å². The first kappa shape index (κ1) is 16.7. The van der Waals surface area contributed by atoms with Crippen LogP contribution >= 0.6 is 11.3 Å². The third kappa shape index (κ3) is 3.38. The number of rotatable bonds is 3. The van der Waals surface area contributed by atoms with E-state index in [0.717, 1.165) is 16.9 Å². The summed E-state index contributed by atoms with van der Waals surface area (Å²) in [6.45, 7) is 1.92. The number of carbonyl (C=O) groups excluding carboxylic acids is 1. The predicted octanol–water partition coefficient (Wildman–Crippen LogP) is 3.53. The van der Waals surface area contributed by atoms with Crippen molar-refractivity contribution in [1.82, 2.24) is 0 Å². The first-order valence-corrected chi connectivity index (χ1v) is 8.09. The number of anilines is 2. The van der Waals surface area contributed by atoms with E-state index in [0.29, 0.717) is 15.4 Å². The molecule has 2 amide bonds. The van der Waals surface area contributed by atoms with Gasteiger partial charge in [-0.3, -0.25) is 4.90 Å². The SMILES string of the molecule is Cc1cccc(NC(=O)N(C)c2cc3oc(=O)c(C(=O)O)cc3s2)c1. The Hall–Kier alpha value is -3.13. The molecule has 3 rings (SSSR count). The Morgan fingerprint density at radius 3 is 2.68 bits per heavy atom. The van der Waals surface area contributed by atoms with Gasteiger partial charge >= 0.3 is 17.6 Å². The van der Waals surface area contributed by atoms with Crippen molar-refractivity contribution in [2.45, 2.75) is 6.92 Å². The fourth-order valence-electron chi connectivity index (χ4n) is 2.25. The second-order valence-electron chi connectivity index (χ2n) is 5.42. The summed E-state index contributed by atoms with van der Waals surface area (Å²) in [6.07, 6.45) is 0. The van der Waals surface area contributed by atoms with Crippen LogP contribution in [0.5, 0.6) is 0 Å². The standard InChI is InChI=1S/C17H14N2O5S/c1-9-4-3-5-10(6-9)18-17(23)19(2)14-8-12-13(25-14)7-11(15(20)21)16(22)24-12/h3-8H,1-2H3,(H,18,23)(H,20,21). The van der Waals surface area contributed by atoms with Crippen LogP contribution in [0, 0.1) is 6.92 Å². The number of aromatic carboxylic acids is 1. The van der Waals surface area contributed by atoms with Crippen LogP contribution in [0.3, 0.4) is 0 Å². The first-order valence-electron chi connectivity index (χ1n) is 7.27. The molecule has 1 aromatic carbocycles. The van der Waals surface area contributed by atoms with Gasteiger partial charge in [0.1, 0.15) is 10.6 Å². The number of carboxylic acids is 1. The summed E-state index contributed by atoms with van der Waals surface area (Å²) < 4.78 is 5.49. The molecule has 8 heteroatoms. The molecule has 0 atom stereocenters. The monoisotopic (exact) mass is 358 g/mol. The van der Waals surface area contributed by atoms with Crippen molar-refractivity contribution in [2.24, 2.45) is 0 Å². The summed E-state index contributed by atoms with van der Waals surface area (Å²) >= 11 is 1.16. The number of urea groups is 1. The maximum absolute atomic E-state index is 12.4. The van der Waals surface area contributed by atoms with Gasteiger partial charge < -0.3 is 14.8 Å². The van der Waals surface area contributed by atoms with Crippen molar-refractivity contribution in [3.8, 4) is 0 Å². The number of amides is 2. The lowest BCUT2D eigenvalue weighted by Crippen LogP contribution is -2.30. The molecule has 0 fully saturated rings. The highest BCUT2D eigenvalue weighted by molar-refractivity contribution is 7.22. The zero-order valence-corrected chi connectivity index (χ0v) is 14.2. The molecular formula is C17H14N2O5S. The predicted molar refractivity (Wildman–Crippen MR) is 95.9 cm³/mol. The molecule has 3 aromatic rings. The zero-order valence-electron chi connectivity index (χ0n) is 13.4. The first-order chi connectivity index (χ1) is 11.8. The average Bonchev–Trinajstić information content (AvgIpc) is 2.95. The van der Waals surface area contributed by atoms with Gasteiger partial charge in [0.15, 0.2) is 5.58 Å². The number of nitrogens with one attached hydrogen (secondary N) is 1. The highest BCUT2D eigenvalue weighted by Gasteiger charge is 2.18. The minimum absolute atomic E-state index is 0.241. The molecule has 0 bridgehead atoms. The van der Waals surface area contributed by atoms with Gasteiger partial charge in [-0.25, -0.2) is 14.4 Å². The number of thiophene rings is 1. The second-order valence-corrected chi connectivity index (χ2v) is 6.49. The molecule has 0 aliphatic heterocycles. The number of carboxylic acid groups (broad SMARTS) is 1. The van der Waals surface area contributed by atoms with Crippen molar-refractivity contribution < 1.29 is 19.1 Å². The maximum Gasteiger partial charge on any atom is 0.351 e. The number of hydrogen-bond donors (Lipinski definition) is 2. The molecule has 0 spiro atoms. The molecule has 0 aliphatic rings. The van der Waals surface area contributed by atoms with E-state index < -0.39 is 17.2 Å². The van der Waals surface area contributed by atoms with E-state index in [1.807, 2.05) is 25.1 Å². The lowest BCUT2D eigenvalue weighted by Gasteiger charge is -2.16. The van der Waals surface area contributed by atoms with Crippen LogP contribution in [0.2, 0.25) is 0 Å². The molecule has 2 N–H and O–H groups in total. The molecule has 0 radical (unpaired) electrons. The second kappa shape index (κ2) is 6.40. The van der Waals surface area contributed by atoms with Gasteiger partial charge in [-0.1, -0.05) is 12.1 Å². The van der Waals surface area contributed by atoms with Gasteiger partial charge in [-0.05, 0) is 30.7 Å². The van der Waals surface area contributed by atoms with Crippen molar-refractivity contribution in [3.63, 3.8) is 0 Å². The minimum Gasteiger partial charge on any atom is -0.477 e. The molecule has 0 saturated carbocycles. The molecule has 2 aromatic heterocycles. The summed E-state index contributed by atoms with van der Waals surface area (Å²) in [6, 6.07) is 9.81. The van der Waals surface area contributed by atoms with E-state index >= 15 is 0 Å². The fourth-order valence-corrected chi connectivity index (χ4v) is 3.23. The van der Waals surface area contributed by atoms with E-state index in [1.165, 1.54) is 17.0 Å². The maximum atomic E-state index is 12.4. The molecule has 0 unspecified atom stereocenters. The van der Waals surface area contributed by atoms with Crippen molar-refractivity contribution in [1.29, 1.82) is 0 Å². The molecule has 7 nitrogen and oxygen atoms in total. The van der Waals surface area contributed by atoms with Crippen molar-refractivity contribution in [2.75, 3.05) is 17.3 Å². The third-order valence-corrected chi connectivity index (χ3v) is 4.68. The van der Waals surface area contributed by atoms with Crippen LogP contribution in [-0.4, -0.2) is 24.2 Å². The van der Waals surface area contributed by atoms with E-state index in [9.17, 15) is 14.4 Å². The fraction of sp³-hybridized carbons (Fsp3) is 0.118. The number of nitrogens with zero attached hydrogens (tertiary/aromatic N) is 1. The normalized spacial score (nSPS) is 10.6. The van der Waals surface area contributed by atoms with Crippen molar-refractivity contribution in [3.05, 3.63) is 57.9 Å². The van der Waals surface area contributed by atoms with E-state index in [1.54, 1.807) is 13.1 Å². The van der Waals surface area contributed by atoms with Crippen LogP contribution in [0.1, 0.15) is 15.9 Å². The summed E-state index contributed by atoms with van der Waals surface area (Å²) in [7, 11) is 1.58. The van der Waals surface area contributed by atoms with Crippen LogP contribution in [0.25, 0.3) is 10.3 Å². The molecule has 25 heavy (non-hydrogen) atoms. The van der Waals surface area contributed by atoms with E-state index in [-0.39, 0.29) is 11.6 Å². The van der Waals surface area contributed by atoms with Crippen LogP contribution < -0.4 is 15.8 Å². The Morgan fingerprint density at radius 2 is 2.00 bits per heavy atom. The quantitative estimate of drug-likeness (QED) is 0.746. The molecule has 0 saturated heterocycles.